The highest BCUT2D eigenvalue weighted by Gasteiger charge is 2.66. The number of furan rings is 1. The number of nitrogens with one attached hydrogen (secondary N) is 2. The van der Waals surface area contributed by atoms with Crippen LogP contribution in [0.2, 0.25) is 5.02 Å². The van der Waals surface area contributed by atoms with Gasteiger partial charge in [0.05, 0.1) is 0 Å². The maximum absolute atomic E-state index is 13.9. The molecule has 1 aromatic heterocycles. The molecule has 6 nitrogen and oxygen atoms in total. The molecule has 2 aromatic carbocycles. The third-order valence-electron chi connectivity index (χ3n) is 5.28. The maximum Gasteiger partial charge on any atom is 0.437 e. The number of carbonyl (C=O) groups excluding carboxylic acids is 2. The highest BCUT2D eigenvalue weighted by molar-refractivity contribution is 6.30. The van der Waals surface area contributed by atoms with E-state index in [0.717, 1.165) is 24.3 Å². The molecule has 1 fully saturated rings. The molecule has 0 bridgehead atoms. The first-order chi connectivity index (χ1) is 15.5. The van der Waals surface area contributed by atoms with Crippen LogP contribution < -0.4 is 10.6 Å². The number of amides is 2. The van der Waals surface area contributed by atoms with Crippen molar-refractivity contribution in [3.8, 4) is 11.3 Å². The molecule has 1 saturated heterocycles. The fraction of sp³-hybridized carbons (Fsp3) is 0.182. The summed E-state index contributed by atoms with van der Waals surface area (Å²) >= 11 is 5.86. The zero-order chi connectivity index (χ0) is 24.0. The Kier molecular flexibility index (Phi) is 5.67. The predicted molar refractivity (Wildman–Crippen MR) is 109 cm³/mol. The van der Waals surface area contributed by atoms with Crippen molar-refractivity contribution in [3.05, 3.63) is 82.8 Å². The predicted octanol–water partition coefficient (Wildman–Crippen LogP) is 4.84. The van der Waals surface area contributed by atoms with Crippen LogP contribution in [0.4, 0.5) is 22.4 Å². The van der Waals surface area contributed by atoms with Crippen LogP contribution in [0.25, 0.3) is 11.3 Å². The summed E-state index contributed by atoms with van der Waals surface area (Å²) in [4.78, 5) is 25.2. The lowest BCUT2D eigenvalue weighted by Crippen LogP contribution is -2.72. The van der Waals surface area contributed by atoms with Gasteiger partial charge in [0.25, 0.3) is 0 Å². The molecule has 3 aromatic rings. The van der Waals surface area contributed by atoms with Gasteiger partial charge in [-0.1, -0.05) is 11.6 Å². The Balaban J connectivity index is 1.80. The van der Waals surface area contributed by atoms with Gasteiger partial charge in [-0.15, -0.1) is 0 Å². The smallest absolute Gasteiger partial charge is 0.437 e. The van der Waals surface area contributed by atoms with Crippen LogP contribution in [0.1, 0.15) is 22.2 Å². The van der Waals surface area contributed by atoms with E-state index < -0.39 is 41.5 Å². The van der Waals surface area contributed by atoms with Crippen molar-refractivity contribution in [2.75, 3.05) is 0 Å². The topological polar surface area (TPSA) is 91.6 Å². The number of halogens is 5. The monoisotopic (exact) mass is 482 g/mol. The number of alkyl halides is 3. The molecular formula is C22H15ClF4N2O4. The van der Waals surface area contributed by atoms with E-state index in [1.165, 1.54) is 17.4 Å². The highest BCUT2D eigenvalue weighted by atomic mass is 35.5. The largest absolute Gasteiger partial charge is 0.459 e. The summed E-state index contributed by atoms with van der Waals surface area (Å²) in [6.45, 7) is 0. The van der Waals surface area contributed by atoms with Crippen LogP contribution in [-0.2, 0) is 0 Å². The zero-order valence-corrected chi connectivity index (χ0v) is 17.2. The van der Waals surface area contributed by atoms with Gasteiger partial charge in [-0.05, 0) is 60.7 Å². The summed E-state index contributed by atoms with van der Waals surface area (Å²) in [5.74, 6) is -4.14. The van der Waals surface area contributed by atoms with E-state index in [2.05, 4.69) is 5.32 Å². The fourth-order valence-electron chi connectivity index (χ4n) is 3.66. The highest BCUT2D eigenvalue weighted by Crippen LogP contribution is 2.44. The minimum atomic E-state index is -5.42. The summed E-state index contributed by atoms with van der Waals surface area (Å²) in [7, 11) is 0. The zero-order valence-electron chi connectivity index (χ0n) is 16.5. The average molecular weight is 483 g/mol. The lowest BCUT2D eigenvalue weighted by Gasteiger charge is -2.44. The van der Waals surface area contributed by atoms with Crippen LogP contribution in [0.3, 0.4) is 0 Å². The first kappa shape index (κ1) is 22.8. The standard InChI is InChI=1S/C22H15ClF4N2O4/c23-13-5-1-11(2-6-13)15-9-10-16(33-15)18-17(19(30)12-3-7-14(24)8-4-12)21(32,22(25,26)27)29-20(31)28-18/h1-10,17-18,32H,(H2,28,29,31)/t17-,18+,21+/m1/s1. The fourth-order valence-corrected chi connectivity index (χ4v) is 3.79. The van der Waals surface area contributed by atoms with E-state index in [1.807, 2.05) is 0 Å². The van der Waals surface area contributed by atoms with E-state index in [-0.39, 0.29) is 17.1 Å². The Morgan fingerprint density at radius 1 is 1.03 bits per heavy atom. The Hall–Kier alpha value is -3.37. The van der Waals surface area contributed by atoms with Crippen molar-refractivity contribution < 1.29 is 36.7 Å². The van der Waals surface area contributed by atoms with Crippen molar-refractivity contribution in [1.82, 2.24) is 10.6 Å². The van der Waals surface area contributed by atoms with Gasteiger partial charge in [-0.2, -0.15) is 13.2 Å². The molecule has 1 aliphatic heterocycles. The normalized spacial score (nSPS) is 23.0. The lowest BCUT2D eigenvalue weighted by molar-refractivity contribution is -0.288. The first-order valence-corrected chi connectivity index (χ1v) is 9.90. The molecule has 1 aliphatic rings. The van der Waals surface area contributed by atoms with Crippen molar-refractivity contribution in [1.29, 1.82) is 0 Å². The molecule has 0 spiro atoms. The molecule has 4 rings (SSSR count). The molecule has 0 aliphatic carbocycles. The quantitative estimate of drug-likeness (QED) is 0.366. The molecule has 11 heteroatoms. The van der Waals surface area contributed by atoms with E-state index in [4.69, 9.17) is 16.0 Å². The van der Waals surface area contributed by atoms with Gasteiger partial charge < -0.3 is 20.2 Å². The number of aliphatic hydroxyl groups is 1. The molecule has 172 valence electrons. The Labute approximate surface area is 189 Å². The third-order valence-corrected chi connectivity index (χ3v) is 5.53. The van der Waals surface area contributed by atoms with E-state index in [9.17, 15) is 32.3 Å². The van der Waals surface area contributed by atoms with Gasteiger partial charge in [0.15, 0.2) is 5.78 Å². The second-order valence-electron chi connectivity index (χ2n) is 7.40. The Morgan fingerprint density at radius 3 is 2.27 bits per heavy atom. The second kappa shape index (κ2) is 8.20. The van der Waals surface area contributed by atoms with Crippen molar-refractivity contribution in [2.45, 2.75) is 17.9 Å². The van der Waals surface area contributed by atoms with Gasteiger partial charge in [-0.3, -0.25) is 4.79 Å². The second-order valence-corrected chi connectivity index (χ2v) is 7.83. The molecule has 0 unspecified atom stereocenters. The summed E-state index contributed by atoms with van der Waals surface area (Å²) in [5.41, 5.74) is -3.67. The van der Waals surface area contributed by atoms with Crippen LogP contribution in [-0.4, -0.2) is 28.8 Å². The van der Waals surface area contributed by atoms with Gasteiger partial charge >= 0.3 is 12.2 Å². The van der Waals surface area contributed by atoms with Crippen LogP contribution >= 0.6 is 11.6 Å². The lowest BCUT2D eigenvalue weighted by atomic mass is 9.79. The third kappa shape index (κ3) is 4.19. The van der Waals surface area contributed by atoms with Crippen LogP contribution in [0.15, 0.2) is 65.1 Å². The maximum atomic E-state index is 13.9. The Bertz CT molecular complexity index is 1190. The molecule has 3 atom stereocenters. The van der Waals surface area contributed by atoms with Gasteiger partial charge in [0.2, 0.25) is 5.72 Å². The summed E-state index contributed by atoms with van der Waals surface area (Å²) in [6.07, 6.45) is -5.42. The van der Waals surface area contributed by atoms with Crippen LogP contribution in [0.5, 0.6) is 0 Å². The SMILES string of the molecule is O=C1N[C@@H](c2ccc(-c3ccc(Cl)cc3)o2)[C@H](C(=O)c2ccc(F)cc2)[C@](O)(C(F)(F)F)N1. The molecule has 0 radical (unpaired) electrons. The number of hydrogen-bond donors (Lipinski definition) is 3. The summed E-state index contributed by atoms with van der Waals surface area (Å²) < 4.78 is 60.8. The minimum Gasteiger partial charge on any atom is -0.459 e. The first-order valence-electron chi connectivity index (χ1n) is 9.53. The Morgan fingerprint density at radius 2 is 1.67 bits per heavy atom. The number of urea groups is 1. The molecule has 33 heavy (non-hydrogen) atoms. The molecule has 2 heterocycles. The number of benzene rings is 2. The number of ketones is 1. The summed E-state index contributed by atoms with van der Waals surface area (Å²) in [5, 5.41) is 14.7. The van der Waals surface area contributed by atoms with Gasteiger partial charge in [-0.25, -0.2) is 9.18 Å². The summed E-state index contributed by atoms with van der Waals surface area (Å²) in [6, 6.07) is 9.84. The van der Waals surface area contributed by atoms with Crippen molar-refractivity contribution in [3.63, 3.8) is 0 Å². The molecule has 0 saturated carbocycles. The molecule has 3 N–H and O–H groups in total. The van der Waals surface area contributed by atoms with Crippen molar-refractivity contribution in [2.24, 2.45) is 5.92 Å². The molecular weight excluding hydrogens is 468 g/mol. The number of hydrogen-bond acceptors (Lipinski definition) is 4. The van der Waals surface area contributed by atoms with E-state index >= 15 is 0 Å². The van der Waals surface area contributed by atoms with Crippen molar-refractivity contribution >= 4 is 23.4 Å². The van der Waals surface area contributed by atoms with Crippen LogP contribution in [0, 0.1) is 11.7 Å². The van der Waals surface area contributed by atoms with E-state index in [0.29, 0.717) is 10.6 Å². The molecule has 2 amide bonds. The minimum absolute atomic E-state index is 0.196. The van der Waals surface area contributed by atoms with Gasteiger partial charge in [0, 0.05) is 16.1 Å². The number of rotatable bonds is 4. The number of Topliss-reactive ketones (excluding diaryl/α,β-unsaturated/α-hetero) is 1. The van der Waals surface area contributed by atoms with E-state index in [1.54, 1.807) is 24.3 Å². The number of carbonyl (C=O) groups is 2. The average Bonchev–Trinajstić information content (AvgIpc) is 3.23. The van der Waals surface area contributed by atoms with Gasteiger partial charge in [0.1, 0.15) is 29.3 Å².